The molecule has 0 bridgehead atoms. The Bertz CT molecular complexity index is 1150. The van der Waals surface area contributed by atoms with E-state index in [0.717, 1.165) is 16.9 Å². The van der Waals surface area contributed by atoms with Crippen LogP contribution < -0.4 is 26.1 Å². The summed E-state index contributed by atoms with van der Waals surface area (Å²) in [4.78, 5) is 31.0. The minimum absolute atomic E-state index is 0.0517. The largest absolute Gasteiger partial charge is 0.482 e. The van der Waals surface area contributed by atoms with Crippen molar-refractivity contribution >= 4 is 46.1 Å². The first-order valence-electron chi connectivity index (χ1n) is 8.95. The van der Waals surface area contributed by atoms with Crippen molar-refractivity contribution in [2.75, 3.05) is 18.1 Å². The van der Waals surface area contributed by atoms with Crippen molar-refractivity contribution in [1.82, 2.24) is 19.9 Å². The van der Waals surface area contributed by atoms with Crippen molar-refractivity contribution in [3.05, 3.63) is 34.9 Å². The molecule has 2 heterocycles. The van der Waals surface area contributed by atoms with Gasteiger partial charge in [-0.2, -0.15) is 0 Å². The molecule has 2 aromatic heterocycles. The summed E-state index contributed by atoms with van der Waals surface area (Å²) < 4.78 is 9.17. The maximum Gasteiger partial charge on any atom is 0.341 e. The number of aryl methyl sites for hydroxylation is 2. The van der Waals surface area contributed by atoms with Gasteiger partial charge in [0, 0.05) is 6.07 Å². The van der Waals surface area contributed by atoms with Gasteiger partial charge in [-0.25, -0.2) is 23.9 Å². The SMILES string of the molecule is CCn1c(CNC(=O)c2nc(Cl)c(N)nc2N)[n+](C)c2ccc(OCC(=O)O)cc21. The highest BCUT2D eigenvalue weighted by atomic mass is 35.5. The number of fused-ring (bicyclic) bond motifs is 1. The number of hydrogen-bond acceptors (Lipinski definition) is 7. The van der Waals surface area contributed by atoms with Gasteiger partial charge in [0.1, 0.15) is 12.3 Å². The molecule has 0 radical (unpaired) electrons. The molecule has 0 aliphatic carbocycles. The Hall–Kier alpha value is -3.60. The topological polar surface area (TPSA) is 162 Å². The summed E-state index contributed by atoms with van der Waals surface area (Å²) in [6, 6.07) is 5.28. The fraction of sp³-hybridized carbons (Fsp3) is 0.278. The second-order valence-electron chi connectivity index (χ2n) is 6.37. The lowest BCUT2D eigenvalue weighted by Gasteiger charge is -2.07. The highest BCUT2D eigenvalue weighted by Crippen LogP contribution is 2.21. The van der Waals surface area contributed by atoms with Crippen molar-refractivity contribution in [1.29, 1.82) is 0 Å². The molecule has 30 heavy (non-hydrogen) atoms. The van der Waals surface area contributed by atoms with Gasteiger partial charge < -0.3 is 26.6 Å². The summed E-state index contributed by atoms with van der Waals surface area (Å²) in [5.74, 6) is -0.531. The van der Waals surface area contributed by atoms with Gasteiger partial charge in [0.2, 0.25) is 0 Å². The average Bonchev–Trinajstić information content (AvgIpc) is 2.97. The van der Waals surface area contributed by atoms with E-state index in [2.05, 4.69) is 15.3 Å². The van der Waals surface area contributed by atoms with E-state index in [1.165, 1.54) is 0 Å². The third-order valence-electron chi connectivity index (χ3n) is 4.50. The lowest BCUT2D eigenvalue weighted by molar-refractivity contribution is -0.654. The van der Waals surface area contributed by atoms with Crippen LogP contribution in [0.2, 0.25) is 5.15 Å². The fourth-order valence-electron chi connectivity index (χ4n) is 3.12. The van der Waals surface area contributed by atoms with E-state index in [9.17, 15) is 9.59 Å². The van der Waals surface area contributed by atoms with Crippen LogP contribution >= 0.6 is 11.6 Å². The van der Waals surface area contributed by atoms with Gasteiger partial charge in [0.25, 0.3) is 11.7 Å². The van der Waals surface area contributed by atoms with Crippen molar-refractivity contribution in [3.8, 4) is 5.75 Å². The van der Waals surface area contributed by atoms with E-state index < -0.39 is 18.5 Å². The normalized spacial score (nSPS) is 10.9. The molecular weight excluding hydrogens is 414 g/mol. The van der Waals surface area contributed by atoms with E-state index in [1.807, 2.05) is 29.2 Å². The third kappa shape index (κ3) is 4.06. The number of rotatable bonds is 7. The summed E-state index contributed by atoms with van der Waals surface area (Å²) >= 11 is 5.84. The van der Waals surface area contributed by atoms with Gasteiger partial charge in [0.05, 0.1) is 13.6 Å². The zero-order valence-electron chi connectivity index (χ0n) is 16.3. The Labute approximate surface area is 176 Å². The van der Waals surface area contributed by atoms with E-state index in [0.29, 0.717) is 12.3 Å². The molecule has 0 spiro atoms. The Kier molecular flexibility index (Phi) is 5.92. The molecule has 11 nitrogen and oxygen atoms in total. The second-order valence-corrected chi connectivity index (χ2v) is 6.73. The van der Waals surface area contributed by atoms with E-state index in [4.69, 9.17) is 32.9 Å². The Morgan fingerprint density at radius 1 is 1.30 bits per heavy atom. The molecule has 1 aromatic carbocycles. The van der Waals surface area contributed by atoms with Crippen LogP contribution in [0.1, 0.15) is 23.2 Å². The first-order valence-corrected chi connectivity index (χ1v) is 9.33. The number of imidazole rings is 1. The standard InChI is InChI=1S/C18H20ClN7O4/c1-3-26-11-6-9(30-8-13(27)28)4-5-10(11)25(2)12(26)7-22-18(29)14-16(20)24-17(21)15(19)23-14/h4-6H,3,7-8H2,1-2H3,(H5-,20,21,22,24,27,28,29)/p+1. The number of nitrogens with two attached hydrogens (primary N) is 2. The highest BCUT2D eigenvalue weighted by molar-refractivity contribution is 6.31. The number of carbonyl (C=O) groups is 2. The molecule has 0 saturated carbocycles. The van der Waals surface area contributed by atoms with Gasteiger partial charge in [-0.3, -0.25) is 4.79 Å². The first kappa shape index (κ1) is 21.1. The number of aromatic nitrogens is 4. The number of anilines is 2. The molecular formula is C18H21ClN7O4+. The number of halogens is 1. The summed E-state index contributed by atoms with van der Waals surface area (Å²) in [6.45, 7) is 2.31. The number of aliphatic carboxylic acids is 1. The summed E-state index contributed by atoms with van der Waals surface area (Å²) in [6.07, 6.45) is 0. The zero-order chi connectivity index (χ0) is 22.0. The second kappa shape index (κ2) is 8.41. The lowest BCUT2D eigenvalue weighted by atomic mass is 10.3. The summed E-state index contributed by atoms with van der Waals surface area (Å²) in [5.41, 5.74) is 12.9. The maximum atomic E-state index is 12.5. The molecule has 6 N–H and O–H groups in total. The Balaban J connectivity index is 1.88. The number of nitrogens with one attached hydrogen (secondary N) is 1. The number of amides is 1. The predicted octanol–water partition coefficient (Wildman–Crippen LogP) is 0.487. The molecule has 0 unspecified atom stereocenters. The first-order chi connectivity index (χ1) is 14.2. The molecule has 0 atom stereocenters. The molecule has 0 aliphatic rings. The van der Waals surface area contributed by atoms with E-state index in [-0.39, 0.29) is 29.0 Å². The number of ether oxygens (including phenoxy) is 1. The zero-order valence-corrected chi connectivity index (χ0v) is 17.1. The molecule has 12 heteroatoms. The molecule has 1 amide bonds. The molecule has 0 fully saturated rings. The number of carboxylic acid groups (broad SMARTS) is 1. The van der Waals surface area contributed by atoms with Crippen LogP contribution in [-0.2, 0) is 24.9 Å². The van der Waals surface area contributed by atoms with Crippen molar-refractivity contribution in [2.24, 2.45) is 7.05 Å². The number of carboxylic acids is 1. The Morgan fingerprint density at radius 3 is 2.70 bits per heavy atom. The molecule has 0 aliphatic heterocycles. The lowest BCUT2D eigenvalue weighted by Crippen LogP contribution is -2.38. The van der Waals surface area contributed by atoms with Crippen molar-refractivity contribution in [3.63, 3.8) is 0 Å². The third-order valence-corrected chi connectivity index (χ3v) is 4.78. The van der Waals surface area contributed by atoms with Crippen LogP contribution in [0.5, 0.6) is 5.75 Å². The van der Waals surface area contributed by atoms with Crippen LogP contribution in [0, 0.1) is 0 Å². The quantitative estimate of drug-likeness (QED) is 0.390. The maximum absolute atomic E-state index is 12.5. The van der Waals surface area contributed by atoms with Gasteiger partial charge in [-0.1, -0.05) is 11.6 Å². The van der Waals surface area contributed by atoms with Gasteiger partial charge in [-0.05, 0) is 19.1 Å². The predicted molar refractivity (Wildman–Crippen MR) is 109 cm³/mol. The Morgan fingerprint density at radius 2 is 2.03 bits per heavy atom. The van der Waals surface area contributed by atoms with Gasteiger partial charge in [0.15, 0.2) is 40.1 Å². The van der Waals surface area contributed by atoms with Crippen molar-refractivity contribution in [2.45, 2.75) is 20.0 Å². The average molecular weight is 435 g/mol. The monoisotopic (exact) mass is 434 g/mol. The molecule has 158 valence electrons. The fourth-order valence-corrected chi connectivity index (χ4v) is 3.24. The number of hydrogen-bond donors (Lipinski definition) is 4. The number of nitrogen functional groups attached to an aromatic ring is 2. The number of benzene rings is 1. The smallest absolute Gasteiger partial charge is 0.341 e. The van der Waals surface area contributed by atoms with Crippen LogP contribution in [-0.4, -0.2) is 38.1 Å². The summed E-state index contributed by atoms with van der Waals surface area (Å²) in [7, 11) is 1.86. The van der Waals surface area contributed by atoms with E-state index in [1.54, 1.807) is 12.1 Å². The van der Waals surface area contributed by atoms with Crippen LogP contribution in [0.15, 0.2) is 18.2 Å². The molecule has 3 rings (SSSR count). The molecule has 0 saturated heterocycles. The van der Waals surface area contributed by atoms with Gasteiger partial charge in [-0.15, -0.1) is 0 Å². The number of nitrogens with zero attached hydrogens (tertiary/aromatic N) is 4. The highest BCUT2D eigenvalue weighted by Gasteiger charge is 2.24. The molecule has 3 aromatic rings. The van der Waals surface area contributed by atoms with Crippen molar-refractivity contribution < 1.29 is 24.0 Å². The van der Waals surface area contributed by atoms with E-state index >= 15 is 0 Å². The summed E-state index contributed by atoms with van der Waals surface area (Å²) in [5, 5.41) is 11.5. The van der Waals surface area contributed by atoms with Crippen LogP contribution in [0.25, 0.3) is 11.0 Å². The minimum Gasteiger partial charge on any atom is -0.482 e. The van der Waals surface area contributed by atoms with Crippen LogP contribution in [0.3, 0.4) is 0 Å². The van der Waals surface area contributed by atoms with Crippen LogP contribution in [0.4, 0.5) is 11.6 Å². The number of carbonyl (C=O) groups excluding carboxylic acids is 1. The van der Waals surface area contributed by atoms with Gasteiger partial charge >= 0.3 is 5.97 Å². The minimum atomic E-state index is -1.06.